The van der Waals surface area contributed by atoms with Crippen molar-refractivity contribution in [1.29, 1.82) is 0 Å². The molecular formula is C27H38O4. The summed E-state index contributed by atoms with van der Waals surface area (Å²) in [5, 5.41) is 19.9. The summed E-state index contributed by atoms with van der Waals surface area (Å²) in [6, 6.07) is 3.57. The van der Waals surface area contributed by atoms with Crippen LogP contribution in [0, 0.1) is 6.92 Å². The van der Waals surface area contributed by atoms with E-state index in [-0.39, 0.29) is 11.4 Å². The number of hydrogen-bond donors (Lipinski definition) is 2. The molecule has 4 nitrogen and oxygen atoms in total. The Kier molecular flexibility index (Phi) is 8.69. The number of hydrogen-bond acceptors (Lipinski definition) is 4. The Morgan fingerprint density at radius 1 is 1.19 bits per heavy atom. The molecule has 0 saturated heterocycles. The molecule has 1 aliphatic heterocycles. The van der Waals surface area contributed by atoms with Gasteiger partial charge in [-0.05, 0) is 115 Å². The molecule has 2 N–H and O–H groups in total. The van der Waals surface area contributed by atoms with E-state index in [1.165, 1.54) is 11.6 Å². The molecule has 31 heavy (non-hydrogen) atoms. The highest BCUT2D eigenvalue weighted by Gasteiger charge is 2.32. The van der Waals surface area contributed by atoms with E-state index in [9.17, 15) is 15.0 Å². The lowest BCUT2D eigenvalue weighted by atomic mass is 9.87. The Labute approximate surface area is 187 Å². The minimum absolute atomic E-state index is 0.197. The monoisotopic (exact) mass is 426 g/mol. The SMILES string of the molecule is CC(C)=CC(=O)[C@H](O)/C(C)=C/CC/C(C)=C/CC[C@]1(C)CCc2cc(O)cc(C)c2O1. The lowest BCUT2D eigenvalue weighted by Gasteiger charge is -2.36. The molecule has 2 rings (SSSR count). The zero-order chi connectivity index (χ0) is 23.2. The molecule has 0 spiro atoms. The fourth-order valence-electron chi connectivity index (χ4n) is 3.98. The standard InChI is InChI=1S/C27H38O4/c1-18(2)15-24(29)25(30)20(4)11-7-9-19(3)10-8-13-27(6)14-12-22-17-23(28)16-21(5)26(22)31-27/h10-11,15-17,25,28,30H,7-9,12-14H2,1-6H3/b19-10+,20-11+/t25-,27-/m1/s1. The van der Waals surface area contributed by atoms with Crippen LogP contribution in [0.1, 0.15) is 77.8 Å². The summed E-state index contributed by atoms with van der Waals surface area (Å²) in [4.78, 5) is 11.9. The number of ether oxygens (including phenoxy) is 1. The lowest BCUT2D eigenvalue weighted by molar-refractivity contribution is -0.120. The summed E-state index contributed by atoms with van der Waals surface area (Å²) in [5.41, 5.74) is 4.78. The first kappa shape index (κ1) is 24.9. The number of aryl methyl sites for hydroxylation is 2. The zero-order valence-electron chi connectivity index (χ0n) is 19.9. The predicted octanol–water partition coefficient (Wildman–Crippen LogP) is 6.13. The van der Waals surface area contributed by atoms with Crippen molar-refractivity contribution in [2.24, 2.45) is 0 Å². The van der Waals surface area contributed by atoms with Crippen LogP contribution in [0.5, 0.6) is 11.5 Å². The van der Waals surface area contributed by atoms with Gasteiger partial charge < -0.3 is 14.9 Å². The van der Waals surface area contributed by atoms with Crippen molar-refractivity contribution in [2.45, 2.75) is 91.8 Å². The maximum Gasteiger partial charge on any atom is 0.188 e. The average molecular weight is 427 g/mol. The number of aromatic hydroxyl groups is 1. The van der Waals surface area contributed by atoms with Gasteiger partial charge in [0.15, 0.2) is 5.78 Å². The number of phenols is 1. The smallest absolute Gasteiger partial charge is 0.188 e. The first-order valence-corrected chi connectivity index (χ1v) is 11.2. The highest BCUT2D eigenvalue weighted by molar-refractivity contribution is 5.95. The van der Waals surface area contributed by atoms with Crippen LogP contribution in [0.25, 0.3) is 0 Å². The number of carbonyl (C=O) groups is 1. The molecule has 0 unspecified atom stereocenters. The molecule has 2 atom stereocenters. The van der Waals surface area contributed by atoms with Crippen molar-refractivity contribution in [3.63, 3.8) is 0 Å². The third kappa shape index (κ3) is 7.39. The Balaban J connectivity index is 1.85. The van der Waals surface area contributed by atoms with Gasteiger partial charge in [-0.3, -0.25) is 4.79 Å². The number of benzene rings is 1. The summed E-state index contributed by atoms with van der Waals surface area (Å²) in [7, 11) is 0. The van der Waals surface area contributed by atoms with Crippen LogP contribution in [-0.4, -0.2) is 27.7 Å². The first-order valence-electron chi connectivity index (χ1n) is 11.2. The van der Waals surface area contributed by atoms with Crippen molar-refractivity contribution in [1.82, 2.24) is 0 Å². The predicted molar refractivity (Wildman–Crippen MR) is 127 cm³/mol. The quantitative estimate of drug-likeness (QED) is 0.368. The molecule has 1 heterocycles. The molecular weight excluding hydrogens is 388 g/mol. The fourth-order valence-corrected chi connectivity index (χ4v) is 3.98. The molecule has 1 aromatic rings. The minimum Gasteiger partial charge on any atom is -0.508 e. The van der Waals surface area contributed by atoms with Gasteiger partial charge in [-0.25, -0.2) is 0 Å². The van der Waals surface area contributed by atoms with Crippen LogP contribution >= 0.6 is 0 Å². The van der Waals surface area contributed by atoms with Crippen molar-refractivity contribution < 1.29 is 19.7 Å². The highest BCUT2D eigenvalue weighted by Crippen LogP contribution is 2.39. The number of aliphatic hydroxyl groups excluding tert-OH is 1. The summed E-state index contributed by atoms with van der Waals surface area (Å²) in [6.07, 6.45) is 10.1. The van der Waals surface area contributed by atoms with Gasteiger partial charge in [0.05, 0.1) is 0 Å². The number of allylic oxidation sites excluding steroid dienone is 4. The molecule has 0 saturated carbocycles. The second kappa shape index (κ2) is 10.8. The number of carbonyl (C=O) groups excluding carboxylic acids is 1. The van der Waals surface area contributed by atoms with E-state index >= 15 is 0 Å². The normalized spacial score (nSPS) is 20.0. The maximum absolute atomic E-state index is 11.9. The molecule has 170 valence electrons. The third-order valence-electron chi connectivity index (χ3n) is 5.91. The van der Waals surface area contributed by atoms with Gasteiger partial charge in [0, 0.05) is 0 Å². The van der Waals surface area contributed by atoms with E-state index in [1.807, 2.05) is 32.9 Å². The van der Waals surface area contributed by atoms with Crippen molar-refractivity contribution in [3.05, 3.63) is 58.2 Å². The van der Waals surface area contributed by atoms with E-state index in [2.05, 4.69) is 19.9 Å². The van der Waals surface area contributed by atoms with Crippen LogP contribution in [0.15, 0.2) is 47.1 Å². The largest absolute Gasteiger partial charge is 0.508 e. The van der Waals surface area contributed by atoms with Crippen molar-refractivity contribution >= 4 is 5.78 Å². The summed E-state index contributed by atoms with van der Waals surface area (Å²) in [5.74, 6) is 0.975. The van der Waals surface area contributed by atoms with Gasteiger partial charge in [-0.15, -0.1) is 0 Å². The molecule has 0 amide bonds. The van der Waals surface area contributed by atoms with E-state index < -0.39 is 6.10 Å². The maximum atomic E-state index is 11.9. The lowest BCUT2D eigenvalue weighted by Crippen LogP contribution is -2.36. The van der Waals surface area contributed by atoms with Crippen LogP contribution < -0.4 is 4.74 Å². The number of aliphatic hydroxyl groups is 1. The van der Waals surface area contributed by atoms with Gasteiger partial charge in [-0.1, -0.05) is 23.3 Å². The molecule has 1 aromatic carbocycles. The Hall–Kier alpha value is -2.33. The van der Waals surface area contributed by atoms with Crippen LogP contribution in [0.4, 0.5) is 0 Å². The van der Waals surface area contributed by atoms with Gasteiger partial charge in [0.1, 0.15) is 23.2 Å². The van der Waals surface area contributed by atoms with Gasteiger partial charge >= 0.3 is 0 Å². The number of rotatable bonds is 9. The summed E-state index contributed by atoms with van der Waals surface area (Å²) < 4.78 is 6.36. The van der Waals surface area contributed by atoms with E-state index in [1.54, 1.807) is 13.0 Å². The molecule has 0 bridgehead atoms. The van der Waals surface area contributed by atoms with E-state index in [0.29, 0.717) is 11.3 Å². The van der Waals surface area contributed by atoms with Crippen LogP contribution in [0.3, 0.4) is 0 Å². The van der Waals surface area contributed by atoms with Crippen LogP contribution in [0.2, 0.25) is 0 Å². The van der Waals surface area contributed by atoms with Crippen LogP contribution in [-0.2, 0) is 11.2 Å². The molecule has 1 aliphatic rings. The molecule has 0 radical (unpaired) electrons. The van der Waals surface area contributed by atoms with Gasteiger partial charge in [0.2, 0.25) is 0 Å². The summed E-state index contributed by atoms with van der Waals surface area (Å²) >= 11 is 0. The molecule has 4 heteroatoms. The van der Waals surface area contributed by atoms with Gasteiger partial charge in [-0.2, -0.15) is 0 Å². The zero-order valence-corrected chi connectivity index (χ0v) is 19.9. The third-order valence-corrected chi connectivity index (χ3v) is 5.91. The Bertz CT molecular complexity index is 887. The highest BCUT2D eigenvalue weighted by atomic mass is 16.5. The fraction of sp³-hybridized carbons (Fsp3) is 0.519. The van der Waals surface area contributed by atoms with Gasteiger partial charge in [0.25, 0.3) is 0 Å². The number of phenolic OH excluding ortho intramolecular Hbond substituents is 1. The topological polar surface area (TPSA) is 66.8 Å². The second-order valence-corrected chi connectivity index (χ2v) is 9.41. The Morgan fingerprint density at radius 2 is 1.90 bits per heavy atom. The second-order valence-electron chi connectivity index (χ2n) is 9.41. The van der Waals surface area contributed by atoms with Crippen molar-refractivity contribution in [2.75, 3.05) is 0 Å². The van der Waals surface area contributed by atoms with E-state index in [0.717, 1.165) is 61.0 Å². The molecule has 0 aromatic heterocycles. The minimum atomic E-state index is -1.05. The molecule has 0 aliphatic carbocycles. The first-order chi connectivity index (χ1) is 14.5. The average Bonchev–Trinajstić information content (AvgIpc) is 2.67. The summed E-state index contributed by atoms with van der Waals surface area (Å²) in [6.45, 7) is 11.8. The number of ketones is 1. The van der Waals surface area contributed by atoms with Crippen molar-refractivity contribution in [3.8, 4) is 11.5 Å². The van der Waals surface area contributed by atoms with E-state index in [4.69, 9.17) is 4.74 Å². The Morgan fingerprint density at radius 3 is 2.58 bits per heavy atom. The molecule has 0 fully saturated rings. The number of fused-ring (bicyclic) bond motifs is 1.